The molecule has 0 saturated carbocycles. The van der Waals surface area contributed by atoms with E-state index in [0.29, 0.717) is 10.0 Å². The molecule has 0 aromatic heterocycles. The topological polar surface area (TPSA) is 35.2 Å². The number of rotatable bonds is 2. The third-order valence-corrected chi connectivity index (χ3v) is 3.39. The first-order valence-electron chi connectivity index (χ1n) is 4.54. The van der Waals surface area contributed by atoms with Gasteiger partial charge in [0.2, 0.25) is 0 Å². The van der Waals surface area contributed by atoms with Gasteiger partial charge < -0.3 is 10.5 Å². The van der Waals surface area contributed by atoms with Crippen LogP contribution in [0.4, 0.5) is 0 Å². The van der Waals surface area contributed by atoms with Crippen molar-refractivity contribution in [2.75, 3.05) is 7.11 Å². The van der Waals surface area contributed by atoms with E-state index < -0.39 is 0 Å². The smallest absolute Gasteiger partial charge is 0.132 e. The Balaban J connectivity index is 3.70. The molecule has 4 heteroatoms. The van der Waals surface area contributed by atoms with Gasteiger partial charge in [-0.3, -0.25) is 0 Å². The summed E-state index contributed by atoms with van der Waals surface area (Å²) in [6, 6.07) is 0. The molecule has 0 heterocycles. The molecule has 1 rings (SSSR count). The SMILES string of the molecule is COc1c(C)c(C)c(Cl)c(C)c1C(N)=S. The van der Waals surface area contributed by atoms with Crippen molar-refractivity contribution in [1.29, 1.82) is 0 Å². The van der Waals surface area contributed by atoms with E-state index in [-0.39, 0.29) is 0 Å². The van der Waals surface area contributed by atoms with E-state index >= 15 is 0 Å². The minimum Gasteiger partial charge on any atom is -0.496 e. The minimum absolute atomic E-state index is 0.314. The Labute approximate surface area is 100 Å². The molecule has 0 atom stereocenters. The fourth-order valence-corrected chi connectivity index (χ4v) is 2.12. The van der Waals surface area contributed by atoms with Gasteiger partial charge in [-0.2, -0.15) is 0 Å². The first-order valence-corrected chi connectivity index (χ1v) is 5.33. The predicted octanol–water partition coefficient (Wildman–Crippen LogP) is 2.91. The molecular weight excluding hydrogens is 230 g/mol. The van der Waals surface area contributed by atoms with E-state index in [1.165, 1.54) is 0 Å². The van der Waals surface area contributed by atoms with Gasteiger partial charge in [-0.05, 0) is 37.5 Å². The van der Waals surface area contributed by atoms with Crippen molar-refractivity contribution in [2.24, 2.45) is 5.73 Å². The molecule has 15 heavy (non-hydrogen) atoms. The summed E-state index contributed by atoms with van der Waals surface area (Å²) >= 11 is 11.2. The largest absolute Gasteiger partial charge is 0.496 e. The molecule has 2 nitrogen and oxygen atoms in total. The average Bonchev–Trinajstić information content (AvgIpc) is 2.19. The molecule has 1 aromatic rings. The highest BCUT2D eigenvalue weighted by Gasteiger charge is 2.18. The van der Waals surface area contributed by atoms with Crippen molar-refractivity contribution in [3.63, 3.8) is 0 Å². The maximum atomic E-state index is 6.19. The fraction of sp³-hybridized carbons (Fsp3) is 0.364. The lowest BCUT2D eigenvalue weighted by Gasteiger charge is -2.17. The van der Waals surface area contributed by atoms with E-state index in [2.05, 4.69) is 0 Å². The van der Waals surface area contributed by atoms with Crippen molar-refractivity contribution in [3.05, 3.63) is 27.3 Å². The maximum absolute atomic E-state index is 6.19. The Morgan fingerprint density at radius 3 is 2.13 bits per heavy atom. The zero-order valence-corrected chi connectivity index (χ0v) is 10.8. The van der Waals surface area contributed by atoms with E-state index in [9.17, 15) is 0 Å². The number of benzene rings is 1. The molecule has 1 aromatic carbocycles. The summed E-state index contributed by atoms with van der Waals surface area (Å²) in [7, 11) is 1.61. The normalized spacial score (nSPS) is 10.2. The Bertz CT molecular complexity index is 429. The summed E-state index contributed by atoms with van der Waals surface area (Å²) in [4.78, 5) is 0.314. The van der Waals surface area contributed by atoms with Crippen molar-refractivity contribution in [3.8, 4) is 5.75 Å². The summed E-state index contributed by atoms with van der Waals surface area (Å²) in [6.45, 7) is 5.80. The van der Waals surface area contributed by atoms with Crippen LogP contribution in [0.5, 0.6) is 5.75 Å². The van der Waals surface area contributed by atoms with Gasteiger partial charge in [-0.25, -0.2) is 0 Å². The minimum atomic E-state index is 0.314. The van der Waals surface area contributed by atoms with E-state index in [4.69, 9.17) is 34.3 Å². The van der Waals surface area contributed by atoms with Crippen LogP contribution in [0.15, 0.2) is 0 Å². The quantitative estimate of drug-likeness (QED) is 0.812. The van der Waals surface area contributed by atoms with Crippen molar-refractivity contribution in [1.82, 2.24) is 0 Å². The van der Waals surface area contributed by atoms with Gasteiger partial charge in [0.15, 0.2) is 0 Å². The molecule has 0 radical (unpaired) electrons. The fourth-order valence-electron chi connectivity index (χ4n) is 1.64. The average molecular weight is 244 g/mol. The number of halogens is 1. The highest BCUT2D eigenvalue weighted by molar-refractivity contribution is 7.80. The molecule has 2 N–H and O–H groups in total. The number of hydrogen-bond donors (Lipinski definition) is 1. The van der Waals surface area contributed by atoms with Crippen LogP contribution in [-0.2, 0) is 0 Å². The molecule has 0 amide bonds. The molecular formula is C11H14ClNOS. The van der Waals surface area contributed by atoms with Gasteiger partial charge >= 0.3 is 0 Å². The van der Waals surface area contributed by atoms with Crippen LogP contribution in [0.3, 0.4) is 0 Å². The van der Waals surface area contributed by atoms with Gasteiger partial charge in [0.05, 0.1) is 12.7 Å². The Morgan fingerprint density at radius 1 is 1.20 bits per heavy atom. The van der Waals surface area contributed by atoms with Crippen LogP contribution in [0.25, 0.3) is 0 Å². The van der Waals surface area contributed by atoms with E-state index in [1.807, 2.05) is 20.8 Å². The summed E-state index contributed by atoms with van der Waals surface area (Å²) in [5, 5.41) is 0.705. The Kier molecular flexibility index (Phi) is 3.58. The number of hydrogen-bond acceptors (Lipinski definition) is 2. The second-order valence-corrected chi connectivity index (χ2v) is 4.28. The van der Waals surface area contributed by atoms with Crippen molar-refractivity contribution in [2.45, 2.75) is 20.8 Å². The number of ether oxygens (including phenoxy) is 1. The second-order valence-electron chi connectivity index (χ2n) is 3.46. The number of nitrogens with two attached hydrogens (primary N) is 1. The molecule has 82 valence electrons. The van der Waals surface area contributed by atoms with Gasteiger partial charge in [0.25, 0.3) is 0 Å². The lowest BCUT2D eigenvalue weighted by molar-refractivity contribution is 0.410. The van der Waals surface area contributed by atoms with Crippen LogP contribution in [-0.4, -0.2) is 12.1 Å². The van der Waals surface area contributed by atoms with Crippen LogP contribution < -0.4 is 10.5 Å². The lowest BCUT2D eigenvalue weighted by atomic mass is 9.99. The summed E-state index contributed by atoms with van der Waals surface area (Å²) in [5.41, 5.74) is 9.27. The van der Waals surface area contributed by atoms with Gasteiger partial charge in [0, 0.05) is 5.02 Å². The predicted molar refractivity (Wildman–Crippen MR) is 68.1 cm³/mol. The van der Waals surface area contributed by atoms with Crippen LogP contribution >= 0.6 is 23.8 Å². The Morgan fingerprint density at radius 2 is 1.73 bits per heavy atom. The molecule has 0 aliphatic heterocycles. The standard InChI is InChI=1S/C11H14ClNOS/c1-5-6(2)10(14-4)8(11(13)15)7(3)9(5)12/h1-4H3,(H2,13,15). The zero-order valence-electron chi connectivity index (χ0n) is 9.27. The third-order valence-electron chi connectivity index (χ3n) is 2.61. The molecule has 0 saturated heterocycles. The molecule has 0 aliphatic carbocycles. The lowest BCUT2D eigenvalue weighted by Crippen LogP contribution is -2.14. The highest BCUT2D eigenvalue weighted by Crippen LogP contribution is 2.35. The van der Waals surface area contributed by atoms with Gasteiger partial charge in [-0.1, -0.05) is 23.8 Å². The third kappa shape index (κ3) is 1.94. The molecule has 0 fully saturated rings. The van der Waals surface area contributed by atoms with Crippen LogP contribution in [0.1, 0.15) is 22.3 Å². The monoisotopic (exact) mass is 243 g/mol. The van der Waals surface area contributed by atoms with Gasteiger partial charge in [-0.15, -0.1) is 0 Å². The van der Waals surface area contributed by atoms with E-state index in [1.54, 1.807) is 7.11 Å². The summed E-state index contributed by atoms with van der Waals surface area (Å²) in [6.07, 6.45) is 0. The second kappa shape index (κ2) is 4.37. The molecule has 0 unspecified atom stereocenters. The number of thiocarbonyl (C=S) groups is 1. The summed E-state index contributed by atoms with van der Waals surface area (Å²) in [5.74, 6) is 0.724. The highest BCUT2D eigenvalue weighted by atomic mass is 35.5. The van der Waals surface area contributed by atoms with Gasteiger partial charge in [0.1, 0.15) is 10.7 Å². The first kappa shape index (κ1) is 12.3. The van der Waals surface area contributed by atoms with Crippen LogP contribution in [0.2, 0.25) is 5.02 Å². The number of methoxy groups -OCH3 is 1. The molecule has 0 spiro atoms. The summed E-state index contributed by atoms with van der Waals surface area (Å²) < 4.78 is 5.33. The zero-order chi connectivity index (χ0) is 11.7. The van der Waals surface area contributed by atoms with Crippen molar-refractivity contribution >= 4 is 28.8 Å². The van der Waals surface area contributed by atoms with Crippen LogP contribution in [0, 0.1) is 20.8 Å². The Hall–Kier alpha value is -0.800. The van der Waals surface area contributed by atoms with Crippen molar-refractivity contribution < 1.29 is 4.74 Å². The molecule has 0 aliphatic rings. The first-order chi connectivity index (χ1) is 6.91. The maximum Gasteiger partial charge on any atom is 0.132 e. The molecule has 0 bridgehead atoms. The van der Waals surface area contributed by atoms with E-state index in [0.717, 1.165) is 28.0 Å².